The second kappa shape index (κ2) is 13.1. The Hall–Kier alpha value is -5.15. The number of nitrogens with one attached hydrogen (secondary N) is 1. The summed E-state index contributed by atoms with van der Waals surface area (Å²) in [7, 11) is 1.35. The Bertz CT molecular complexity index is 2110. The fourth-order valence-corrected chi connectivity index (χ4v) is 8.93. The van der Waals surface area contributed by atoms with Crippen molar-refractivity contribution in [1.29, 1.82) is 0 Å². The summed E-state index contributed by atoms with van der Waals surface area (Å²) in [6.07, 6.45) is -3.16. The summed E-state index contributed by atoms with van der Waals surface area (Å²) in [6.45, 7) is -0.354. The number of fused-ring (bicyclic) bond motifs is 4. The maximum atomic E-state index is 15.2. The minimum Gasteiger partial charge on any atom is -0.508 e. The highest BCUT2D eigenvalue weighted by atomic mass is 35.5. The first-order chi connectivity index (χ1) is 25.1. The maximum absolute atomic E-state index is 15.2. The molecule has 7 rings (SSSR count). The second-order valence-electron chi connectivity index (χ2n) is 13.3. The number of hydrazine groups is 1. The van der Waals surface area contributed by atoms with Crippen LogP contribution in [0.4, 0.5) is 19.0 Å². The highest BCUT2D eigenvalue weighted by Gasteiger charge is 2.71. The standard InChI is InChI=1S/C36H29Cl2F3N4O8/c1-53-25-4-2-3-24(46)28(25)29-19-9-10-20-27(33(51)44(31(20)49)12-11-26(47)48)21(19)14-22-32(50)45(34(52)35(22,29)16-5-7-18(37)8-6-16)43-30-23(38)13-17(15-42-30)36(39,40)41/h2-9,13,15,20-22,27,29,46H,10-12,14H2,1H3,(H,42,43)(H,47,48)/t20-,21+,22-,27-,29+,35+/m0/s1. The Labute approximate surface area is 309 Å². The zero-order valence-electron chi connectivity index (χ0n) is 27.6. The summed E-state index contributed by atoms with van der Waals surface area (Å²) in [6, 6.07) is 11.2. The van der Waals surface area contributed by atoms with Gasteiger partial charge >= 0.3 is 12.1 Å². The number of methoxy groups -OCH3 is 1. The number of anilines is 1. The monoisotopic (exact) mass is 772 g/mol. The van der Waals surface area contributed by atoms with E-state index in [-0.39, 0.29) is 42.0 Å². The molecule has 3 fully saturated rings. The molecule has 3 aromatic rings. The van der Waals surface area contributed by atoms with E-state index in [4.69, 9.17) is 27.9 Å². The number of halogens is 5. The lowest BCUT2D eigenvalue weighted by molar-refractivity contribution is -0.143. The molecule has 0 spiro atoms. The number of amides is 4. The molecule has 4 amide bonds. The van der Waals surface area contributed by atoms with Gasteiger partial charge in [0.15, 0.2) is 5.82 Å². The smallest absolute Gasteiger partial charge is 0.417 e. The number of carbonyl (C=O) groups is 5. The van der Waals surface area contributed by atoms with E-state index >= 15 is 4.79 Å². The van der Waals surface area contributed by atoms with Gasteiger partial charge in [0.05, 0.1) is 47.3 Å². The first-order valence-corrected chi connectivity index (χ1v) is 17.1. The van der Waals surface area contributed by atoms with Crippen LogP contribution in [0.15, 0.2) is 66.4 Å². The summed E-state index contributed by atoms with van der Waals surface area (Å²) in [5, 5.41) is 21.2. The van der Waals surface area contributed by atoms with E-state index in [0.29, 0.717) is 27.9 Å². The van der Waals surface area contributed by atoms with Gasteiger partial charge in [0.25, 0.3) is 11.8 Å². The van der Waals surface area contributed by atoms with Crippen LogP contribution in [0.3, 0.4) is 0 Å². The molecule has 2 aromatic carbocycles. The van der Waals surface area contributed by atoms with Crippen LogP contribution >= 0.6 is 23.2 Å². The average Bonchev–Trinajstić information content (AvgIpc) is 3.48. The van der Waals surface area contributed by atoms with Gasteiger partial charge in [-0.15, -0.1) is 0 Å². The minimum atomic E-state index is -4.78. The Morgan fingerprint density at radius 2 is 1.77 bits per heavy atom. The molecule has 2 aliphatic carbocycles. The van der Waals surface area contributed by atoms with E-state index in [0.717, 1.165) is 4.90 Å². The van der Waals surface area contributed by atoms with Crippen molar-refractivity contribution in [1.82, 2.24) is 14.9 Å². The van der Waals surface area contributed by atoms with Crippen LogP contribution in [-0.2, 0) is 35.6 Å². The number of rotatable bonds is 8. The third kappa shape index (κ3) is 5.59. The Balaban J connectivity index is 1.44. The van der Waals surface area contributed by atoms with E-state index in [1.54, 1.807) is 24.3 Å². The molecular formula is C36H29Cl2F3N4O8. The molecule has 1 aromatic heterocycles. The predicted molar refractivity (Wildman–Crippen MR) is 181 cm³/mol. The molecule has 0 unspecified atom stereocenters. The van der Waals surface area contributed by atoms with Gasteiger partial charge in [-0.1, -0.05) is 53.1 Å². The van der Waals surface area contributed by atoms with Crippen molar-refractivity contribution in [3.8, 4) is 11.5 Å². The van der Waals surface area contributed by atoms with Gasteiger partial charge in [0.2, 0.25) is 11.8 Å². The lowest BCUT2D eigenvalue weighted by Crippen LogP contribution is -2.53. The van der Waals surface area contributed by atoms with E-state index < -0.39 is 93.6 Å². The van der Waals surface area contributed by atoms with Gasteiger partial charge in [-0.3, -0.25) is 34.3 Å². The fraction of sp³-hybridized carbons (Fsp3) is 0.333. The Morgan fingerprint density at radius 1 is 1.06 bits per heavy atom. The highest BCUT2D eigenvalue weighted by molar-refractivity contribution is 6.33. The number of ether oxygens (including phenoxy) is 1. The number of imide groups is 2. The van der Waals surface area contributed by atoms with Crippen LogP contribution in [0.25, 0.3) is 0 Å². The molecule has 0 bridgehead atoms. The number of nitrogens with zero attached hydrogens (tertiary/aromatic N) is 3. The summed E-state index contributed by atoms with van der Waals surface area (Å²) in [4.78, 5) is 73.6. The van der Waals surface area contributed by atoms with Crippen molar-refractivity contribution in [2.75, 3.05) is 19.1 Å². The Kier molecular flexibility index (Phi) is 8.92. The van der Waals surface area contributed by atoms with E-state index in [1.165, 1.54) is 31.4 Å². The largest absolute Gasteiger partial charge is 0.508 e. The zero-order chi connectivity index (χ0) is 38.1. The third-order valence-corrected chi connectivity index (χ3v) is 11.3. The zero-order valence-corrected chi connectivity index (χ0v) is 29.1. The number of allylic oxidation sites excluding steroid dienone is 2. The SMILES string of the molecule is COc1cccc(O)c1[C@H]1C2=CC[C@@H]3C(=O)N(CCC(=O)O)C(=O)[C@@H]3[C@@H]2C[C@H]2C(=O)N(Nc3ncc(C(F)(F)F)cc3Cl)C(=O)[C@@]12c1ccc(Cl)cc1. The van der Waals surface area contributed by atoms with Crippen molar-refractivity contribution in [3.63, 3.8) is 0 Å². The topological polar surface area (TPSA) is 166 Å². The molecule has 0 radical (unpaired) electrons. The quantitative estimate of drug-likeness (QED) is 0.194. The molecule has 3 N–H and O–H groups in total. The van der Waals surface area contributed by atoms with Crippen molar-refractivity contribution < 1.29 is 52.1 Å². The lowest BCUT2D eigenvalue weighted by Gasteiger charge is -2.50. The van der Waals surface area contributed by atoms with Gasteiger partial charge in [-0.05, 0) is 54.7 Å². The predicted octanol–water partition coefficient (Wildman–Crippen LogP) is 5.58. The van der Waals surface area contributed by atoms with Crippen molar-refractivity contribution in [2.45, 2.75) is 36.8 Å². The van der Waals surface area contributed by atoms with Gasteiger partial charge in [0, 0.05) is 29.2 Å². The van der Waals surface area contributed by atoms with E-state index in [1.807, 2.05) is 0 Å². The van der Waals surface area contributed by atoms with Crippen molar-refractivity contribution >= 4 is 58.6 Å². The van der Waals surface area contributed by atoms with Crippen LogP contribution in [0.1, 0.15) is 41.9 Å². The number of carboxylic acids is 1. The number of aliphatic carboxylic acids is 1. The van der Waals surface area contributed by atoms with Gasteiger partial charge in [-0.25, -0.2) is 4.98 Å². The average molecular weight is 774 g/mol. The molecule has 4 aliphatic rings. The number of carbonyl (C=O) groups excluding carboxylic acids is 4. The highest BCUT2D eigenvalue weighted by Crippen LogP contribution is 2.66. The number of hydrogen-bond donors (Lipinski definition) is 3. The molecule has 1 saturated carbocycles. The van der Waals surface area contributed by atoms with Crippen LogP contribution in [0.2, 0.25) is 10.0 Å². The molecule has 17 heteroatoms. The fourth-order valence-electron chi connectivity index (χ4n) is 8.59. The molecule has 276 valence electrons. The van der Waals surface area contributed by atoms with E-state index in [2.05, 4.69) is 10.4 Å². The van der Waals surface area contributed by atoms with Gasteiger partial charge in [-0.2, -0.15) is 18.2 Å². The van der Waals surface area contributed by atoms with Gasteiger partial charge < -0.3 is 14.9 Å². The number of aromatic nitrogens is 1. The Morgan fingerprint density at radius 3 is 2.42 bits per heavy atom. The summed E-state index contributed by atoms with van der Waals surface area (Å²) in [5.74, 6) is -9.99. The number of carboxylic acid groups (broad SMARTS) is 1. The second-order valence-corrected chi connectivity index (χ2v) is 14.1. The number of hydrogen-bond acceptors (Lipinski definition) is 9. The molecule has 6 atom stereocenters. The number of phenolic OH excluding ortho intramolecular Hbond substituents is 1. The van der Waals surface area contributed by atoms with Crippen LogP contribution in [0, 0.1) is 23.7 Å². The number of likely N-dealkylation sites (tertiary alicyclic amines) is 1. The van der Waals surface area contributed by atoms with E-state index in [9.17, 15) is 42.6 Å². The van der Waals surface area contributed by atoms with Crippen LogP contribution in [0.5, 0.6) is 11.5 Å². The van der Waals surface area contributed by atoms with Crippen molar-refractivity contribution in [2.24, 2.45) is 23.7 Å². The number of aromatic hydroxyl groups is 1. The minimum absolute atomic E-state index is 0.0353. The number of alkyl halides is 3. The third-order valence-electron chi connectivity index (χ3n) is 10.7. The molecular weight excluding hydrogens is 744 g/mol. The number of benzene rings is 2. The van der Waals surface area contributed by atoms with Crippen LogP contribution < -0.4 is 10.2 Å². The molecule has 12 nitrogen and oxygen atoms in total. The van der Waals surface area contributed by atoms with Crippen molar-refractivity contribution in [3.05, 3.63) is 93.1 Å². The molecule has 3 heterocycles. The summed E-state index contributed by atoms with van der Waals surface area (Å²) in [5.41, 5.74) is 0.340. The molecule has 2 saturated heterocycles. The lowest BCUT2D eigenvalue weighted by atomic mass is 9.49. The first kappa shape index (κ1) is 36.2. The molecule has 53 heavy (non-hydrogen) atoms. The van der Waals surface area contributed by atoms with Gasteiger partial charge in [0.1, 0.15) is 11.5 Å². The number of phenols is 1. The maximum Gasteiger partial charge on any atom is 0.417 e. The summed E-state index contributed by atoms with van der Waals surface area (Å²) < 4.78 is 46.0. The normalized spacial score (nSPS) is 26.6. The summed E-state index contributed by atoms with van der Waals surface area (Å²) >= 11 is 12.5. The number of pyridine rings is 1. The molecule has 2 aliphatic heterocycles. The first-order valence-electron chi connectivity index (χ1n) is 16.4. The van der Waals surface area contributed by atoms with Crippen LogP contribution in [-0.4, -0.2) is 68.4 Å².